The number of rotatable bonds is 4. The van der Waals surface area contributed by atoms with Crippen molar-refractivity contribution in [3.63, 3.8) is 0 Å². The summed E-state index contributed by atoms with van der Waals surface area (Å²) >= 11 is 0. The number of hydrogen-bond donors (Lipinski definition) is 1. The van der Waals surface area contributed by atoms with Crippen LogP contribution in [0.5, 0.6) is 5.75 Å². The van der Waals surface area contributed by atoms with Crippen LogP contribution in [0.25, 0.3) is 0 Å². The SMILES string of the molecule is Cc1noc(CNCc2cccc3c2OC(C)(C)C3)n1. The van der Waals surface area contributed by atoms with Crippen LogP contribution in [0.15, 0.2) is 22.7 Å². The van der Waals surface area contributed by atoms with E-state index in [1.54, 1.807) is 0 Å². The van der Waals surface area contributed by atoms with Gasteiger partial charge in [0, 0.05) is 18.5 Å². The van der Waals surface area contributed by atoms with Gasteiger partial charge in [0.2, 0.25) is 5.89 Å². The number of ether oxygens (including phenoxy) is 1. The molecule has 5 nitrogen and oxygen atoms in total. The van der Waals surface area contributed by atoms with E-state index in [0.717, 1.165) is 18.7 Å². The molecule has 0 saturated heterocycles. The molecule has 2 aromatic rings. The minimum atomic E-state index is -0.109. The molecule has 3 rings (SSSR count). The van der Waals surface area contributed by atoms with Crippen LogP contribution in [0.2, 0.25) is 0 Å². The molecule has 2 heterocycles. The first-order valence-electron chi connectivity index (χ1n) is 6.83. The zero-order valence-corrected chi connectivity index (χ0v) is 12.1. The highest BCUT2D eigenvalue weighted by atomic mass is 16.5. The molecular formula is C15H19N3O2. The van der Waals surface area contributed by atoms with E-state index >= 15 is 0 Å². The molecule has 0 bridgehead atoms. The van der Waals surface area contributed by atoms with Crippen molar-refractivity contribution in [2.24, 2.45) is 0 Å². The standard InChI is InChI=1S/C15H19N3O2/c1-10-17-13(20-18-10)9-16-8-12-6-4-5-11-7-15(2,3)19-14(11)12/h4-6,16H,7-9H2,1-3H3. The van der Waals surface area contributed by atoms with E-state index in [-0.39, 0.29) is 5.60 Å². The molecule has 1 aromatic heterocycles. The summed E-state index contributed by atoms with van der Waals surface area (Å²) < 4.78 is 11.1. The molecule has 1 aliphatic heterocycles. The lowest BCUT2D eigenvalue weighted by atomic mass is 10.0. The molecule has 106 valence electrons. The maximum atomic E-state index is 6.04. The Bertz CT molecular complexity index is 619. The van der Waals surface area contributed by atoms with Crippen LogP contribution in [0.4, 0.5) is 0 Å². The van der Waals surface area contributed by atoms with Gasteiger partial charge in [-0.3, -0.25) is 0 Å². The summed E-state index contributed by atoms with van der Waals surface area (Å²) in [6, 6.07) is 6.30. The summed E-state index contributed by atoms with van der Waals surface area (Å²) in [5, 5.41) is 7.08. The zero-order chi connectivity index (χ0) is 14.2. The fourth-order valence-electron chi connectivity index (χ4n) is 2.53. The van der Waals surface area contributed by atoms with Crippen molar-refractivity contribution in [3.8, 4) is 5.75 Å². The van der Waals surface area contributed by atoms with Crippen molar-refractivity contribution in [3.05, 3.63) is 41.0 Å². The third-order valence-electron chi connectivity index (χ3n) is 3.33. The van der Waals surface area contributed by atoms with Crippen molar-refractivity contribution >= 4 is 0 Å². The van der Waals surface area contributed by atoms with Crippen molar-refractivity contribution in [1.29, 1.82) is 0 Å². The molecular weight excluding hydrogens is 254 g/mol. The first-order valence-corrected chi connectivity index (χ1v) is 6.83. The highest BCUT2D eigenvalue weighted by Crippen LogP contribution is 2.37. The van der Waals surface area contributed by atoms with E-state index < -0.39 is 0 Å². The second-order valence-electron chi connectivity index (χ2n) is 5.78. The van der Waals surface area contributed by atoms with Gasteiger partial charge in [0.25, 0.3) is 0 Å². The summed E-state index contributed by atoms with van der Waals surface area (Å²) in [4.78, 5) is 4.17. The second-order valence-corrected chi connectivity index (χ2v) is 5.78. The maximum Gasteiger partial charge on any atom is 0.240 e. The average Bonchev–Trinajstić information content (AvgIpc) is 2.91. The molecule has 5 heteroatoms. The Morgan fingerprint density at radius 3 is 2.90 bits per heavy atom. The van der Waals surface area contributed by atoms with Crippen molar-refractivity contribution in [2.45, 2.75) is 45.9 Å². The van der Waals surface area contributed by atoms with Gasteiger partial charge in [0.05, 0.1) is 6.54 Å². The Labute approximate surface area is 118 Å². The van der Waals surface area contributed by atoms with Gasteiger partial charge in [0.1, 0.15) is 11.4 Å². The van der Waals surface area contributed by atoms with Crippen molar-refractivity contribution in [1.82, 2.24) is 15.5 Å². The largest absolute Gasteiger partial charge is 0.487 e. The summed E-state index contributed by atoms with van der Waals surface area (Å²) in [5.74, 6) is 2.29. The molecule has 0 spiro atoms. The van der Waals surface area contributed by atoms with Gasteiger partial charge >= 0.3 is 0 Å². The molecule has 1 N–H and O–H groups in total. The van der Waals surface area contributed by atoms with Gasteiger partial charge in [-0.2, -0.15) is 4.98 Å². The van der Waals surface area contributed by atoms with Gasteiger partial charge in [-0.15, -0.1) is 0 Å². The zero-order valence-electron chi connectivity index (χ0n) is 12.1. The minimum Gasteiger partial charge on any atom is -0.487 e. The summed E-state index contributed by atoms with van der Waals surface area (Å²) in [6.07, 6.45) is 0.957. The third-order valence-corrected chi connectivity index (χ3v) is 3.33. The van der Waals surface area contributed by atoms with Crippen LogP contribution in [0, 0.1) is 6.92 Å². The average molecular weight is 273 g/mol. The molecule has 0 fully saturated rings. The van der Waals surface area contributed by atoms with E-state index in [2.05, 4.69) is 47.5 Å². The number of nitrogens with one attached hydrogen (secondary N) is 1. The Hall–Kier alpha value is -1.88. The molecule has 0 amide bonds. The fraction of sp³-hybridized carbons (Fsp3) is 0.467. The molecule has 1 aromatic carbocycles. The lowest BCUT2D eigenvalue weighted by Crippen LogP contribution is -2.25. The quantitative estimate of drug-likeness (QED) is 0.926. The number of hydrogen-bond acceptors (Lipinski definition) is 5. The van der Waals surface area contributed by atoms with Crippen LogP contribution in [-0.2, 0) is 19.5 Å². The van der Waals surface area contributed by atoms with E-state index in [0.29, 0.717) is 18.3 Å². The Morgan fingerprint density at radius 2 is 2.15 bits per heavy atom. The maximum absolute atomic E-state index is 6.04. The monoisotopic (exact) mass is 273 g/mol. The second kappa shape index (κ2) is 4.90. The molecule has 0 unspecified atom stereocenters. The van der Waals surface area contributed by atoms with Crippen LogP contribution in [0.3, 0.4) is 0 Å². The molecule has 1 aliphatic rings. The summed E-state index contributed by atoms with van der Waals surface area (Å²) in [5.41, 5.74) is 2.34. The predicted molar refractivity (Wildman–Crippen MR) is 74.4 cm³/mol. The Morgan fingerprint density at radius 1 is 1.30 bits per heavy atom. The molecule has 0 radical (unpaired) electrons. The Balaban J connectivity index is 1.66. The molecule has 20 heavy (non-hydrogen) atoms. The lowest BCUT2D eigenvalue weighted by molar-refractivity contribution is 0.137. The van der Waals surface area contributed by atoms with Crippen molar-refractivity contribution < 1.29 is 9.26 Å². The van der Waals surface area contributed by atoms with Crippen molar-refractivity contribution in [2.75, 3.05) is 0 Å². The van der Waals surface area contributed by atoms with Crippen LogP contribution < -0.4 is 10.1 Å². The Kier molecular flexibility index (Phi) is 3.22. The number of aromatic nitrogens is 2. The van der Waals surface area contributed by atoms with Crippen LogP contribution in [-0.4, -0.2) is 15.7 Å². The highest BCUT2D eigenvalue weighted by molar-refractivity contribution is 5.45. The van der Waals surface area contributed by atoms with E-state index in [9.17, 15) is 0 Å². The van der Waals surface area contributed by atoms with Gasteiger partial charge in [-0.25, -0.2) is 0 Å². The van der Waals surface area contributed by atoms with E-state index in [1.807, 2.05) is 6.92 Å². The highest BCUT2D eigenvalue weighted by Gasteiger charge is 2.31. The number of nitrogens with zero attached hydrogens (tertiary/aromatic N) is 2. The molecule has 0 atom stereocenters. The van der Waals surface area contributed by atoms with Crippen LogP contribution >= 0.6 is 0 Å². The number of benzene rings is 1. The summed E-state index contributed by atoms with van der Waals surface area (Å²) in [6.45, 7) is 7.33. The van der Waals surface area contributed by atoms with Gasteiger partial charge < -0.3 is 14.6 Å². The molecule has 0 aliphatic carbocycles. The van der Waals surface area contributed by atoms with Crippen LogP contribution in [0.1, 0.15) is 36.7 Å². The van der Waals surface area contributed by atoms with Gasteiger partial charge in [0.15, 0.2) is 5.82 Å². The smallest absolute Gasteiger partial charge is 0.240 e. The molecule has 0 saturated carbocycles. The summed E-state index contributed by atoms with van der Waals surface area (Å²) in [7, 11) is 0. The first kappa shape index (κ1) is 13.1. The van der Waals surface area contributed by atoms with Gasteiger partial charge in [-0.1, -0.05) is 23.4 Å². The van der Waals surface area contributed by atoms with E-state index in [1.165, 1.54) is 11.1 Å². The number of para-hydroxylation sites is 1. The lowest BCUT2D eigenvalue weighted by Gasteiger charge is -2.18. The normalized spacial score (nSPS) is 15.9. The topological polar surface area (TPSA) is 60.2 Å². The van der Waals surface area contributed by atoms with Gasteiger partial charge in [-0.05, 0) is 26.3 Å². The number of aryl methyl sites for hydroxylation is 1. The van der Waals surface area contributed by atoms with E-state index in [4.69, 9.17) is 9.26 Å². The predicted octanol–water partition coefficient (Wildman–Crippen LogP) is 2.38. The third kappa shape index (κ3) is 2.67. The fourth-order valence-corrected chi connectivity index (χ4v) is 2.53. The minimum absolute atomic E-state index is 0.109. The number of fused-ring (bicyclic) bond motifs is 1. The first-order chi connectivity index (χ1) is 9.53.